The third-order valence-corrected chi connectivity index (χ3v) is 5.50. The summed E-state index contributed by atoms with van der Waals surface area (Å²) >= 11 is 0. The molecule has 1 N–H and O–H groups in total. The molecular weight excluding hydrogens is 360 g/mol. The number of carbonyl (C=O) groups is 1. The van der Waals surface area contributed by atoms with Crippen LogP contribution in [0.3, 0.4) is 0 Å². The lowest BCUT2D eigenvalue weighted by molar-refractivity contribution is -0.131. The van der Waals surface area contributed by atoms with Gasteiger partial charge in [-0.2, -0.15) is 0 Å². The molecule has 1 aliphatic heterocycles. The van der Waals surface area contributed by atoms with E-state index < -0.39 is 0 Å². The predicted molar refractivity (Wildman–Crippen MR) is 115 cm³/mol. The number of likely N-dealkylation sites (tertiary alicyclic amines) is 1. The van der Waals surface area contributed by atoms with Crippen LogP contribution in [0.5, 0.6) is 5.75 Å². The molecule has 148 valence electrons. The van der Waals surface area contributed by atoms with Crippen LogP contribution >= 0.6 is 0 Å². The number of nitrogens with zero attached hydrogens (tertiary/aromatic N) is 1. The molecule has 0 spiro atoms. The first-order chi connectivity index (χ1) is 14.2. The average molecular weight is 386 g/mol. The van der Waals surface area contributed by atoms with Crippen molar-refractivity contribution in [3.05, 3.63) is 102 Å². The van der Waals surface area contributed by atoms with Gasteiger partial charge in [0.2, 0.25) is 5.91 Å². The van der Waals surface area contributed by atoms with Crippen LogP contribution in [0.4, 0.5) is 0 Å². The van der Waals surface area contributed by atoms with Crippen molar-refractivity contribution >= 4 is 5.91 Å². The zero-order chi connectivity index (χ0) is 20.1. The first-order valence-electron chi connectivity index (χ1n) is 9.99. The van der Waals surface area contributed by atoms with Gasteiger partial charge >= 0.3 is 0 Å². The molecule has 0 atom stereocenters. The topological polar surface area (TPSA) is 41.6 Å². The Morgan fingerprint density at radius 1 is 0.931 bits per heavy atom. The minimum atomic E-state index is 0.0307. The van der Waals surface area contributed by atoms with Crippen LogP contribution in [0.15, 0.2) is 84.9 Å². The number of ether oxygens (including phenoxy) is 1. The van der Waals surface area contributed by atoms with Crippen LogP contribution in [0.2, 0.25) is 0 Å². The summed E-state index contributed by atoms with van der Waals surface area (Å²) in [5.74, 6) is 0.975. The Hall–Kier alpha value is -3.11. The molecule has 0 aromatic heterocycles. The van der Waals surface area contributed by atoms with Gasteiger partial charge in [-0.05, 0) is 28.8 Å². The van der Waals surface area contributed by atoms with Gasteiger partial charge in [0.05, 0.1) is 19.1 Å². The summed E-state index contributed by atoms with van der Waals surface area (Å²) in [6, 6.07) is 29.0. The van der Waals surface area contributed by atoms with Gasteiger partial charge in [0, 0.05) is 19.6 Å². The van der Waals surface area contributed by atoms with E-state index >= 15 is 0 Å². The van der Waals surface area contributed by atoms with E-state index in [2.05, 4.69) is 58.7 Å². The molecule has 0 radical (unpaired) electrons. The SMILES string of the molecule is COc1ccc(CNC(=O)C2CN(C(c3ccccc3)c3ccccc3)C2)cc1. The lowest BCUT2D eigenvalue weighted by Gasteiger charge is -2.44. The quantitative estimate of drug-likeness (QED) is 0.667. The van der Waals surface area contributed by atoms with E-state index in [9.17, 15) is 4.79 Å². The van der Waals surface area contributed by atoms with Crippen molar-refractivity contribution in [2.45, 2.75) is 12.6 Å². The summed E-state index contributed by atoms with van der Waals surface area (Å²) in [5.41, 5.74) is 3.59. The van der Waals surface area contributed by atoms with Crippen molar-refractivity contribution < 1.29 is 9.53 Å². The van der Waals surface area contributed by atoms with Crippen LogP contribution < -0.4 is 10.1 Å². The summed E-state index contributed by atoms with van der Waals surface area (Å²) in [7, 11) is 1.65. The van der Waals surface area contributed by atoms with Crippen molar-refractivity contribution in [1.29, 1.82) is 0 Å². The number of hydrogen-bond acceptors (Lipinski definition) is 3. The highest BCUT2D eigenvalue weighted by atomic mass is 16.5. The average Bonchev–Trinajstić information content (AvgIpc) is 2.76. The summed E-state index contributed by atoms with van der Waals surface area (Å²) in [6.07, 6.45) is 0. The lowest BCUT2D eigenvalue weighted by Crippen LogP contribution is -2.54. The highest BCUT2D eigenvalue weighted by molar-refractivity contribution is 5.80. The number of amides is 1. The van der Waals surface area contributed by atoms with E-state index in [0.717, 1.165) is 24.4 Å². The maximum atomic E-state index is 12.6. The number of hydrogen-bond donors (Lipinski definition) is 1. The number of rotatable bonds is 7. The van der Waals surface area contributed by atoms with Crippen molar-refractivity contribution in [2.75, 3.05) is 20.2 Å². The molecule has 29 heavy (non-hydrogen) atoms. The maximum Gasteiger partial charge on any atom is 0.225 e. The Bertz CT molecular complexity index is 881. The Balaban J connectivity index is 1.37. The Kier molecular flexibility index (Phi) is 5.92. The first-order valence-corrected chi connectivity index (χ1v) is 9.99. The molecule has 4 nitrogen and oxygen atoms in total. The van der Waals surface area contributed by atoms with Crippen molar-refractivity contribution in [1.82, 2.24) is 10.2 Å². The highest BCUT2D eigenvalue weighted by Crippen LogP contribution is 2.34. The Morgan fingerprint density at radius 3 is 2.00 bits per heavy atom. The molecule has 1 aliphatic rings. The van der Waals surface area contributed by atoms with Crippen LogP contribution in [0, 0.1) is 5.92 Å². The molecule has 0 bridgehead atoms. The molecule has 0 unspecified atom stereocenters. The van der Waals surface area contributed by atoms with Gasteiger partial charge in [-0.3, -0.25) is 9.69 Å². The van der Waals surface area contributed by atoms with Crippen LogP contribution in [0.1, 0.15) is 22.7 Å². The summed E-state index contributed by atoms with van der Waals surface area (Å²) < 4.78 is 5.17. The fourth-order valence-corrected chi connectivity index (χ4v) is 3.85. The lowest BCUT2D eigenvalue weighted by atomic mass is 9.90. The van der Waals surface area contributed by atoms with E-state index in [0.29, 0.717) is 6.54 Å². The van der Waals surface area contributed by atoms with E-state index in [-0.39, 0.29) is 17.9 Å². The van der Waals surface area contributed by atoms with E-state index in [4.69, 9.17) is 4.74 Å². The summed E-state index contributed by atoms with van der Waals surface area (Å²) in [6.45, 7) is 2.08. The molecule has 4 heteroatoms. The van der Waals surface area contributed by atoms with Crippen LogP contribution in [-0.4, -0.2) is 31.0 Å². The molecule has 0 saturated carbocycles. The normalized spacial score (nSPS) is 14.4. The zero-order valence-corrected chi connectivity index (χ0v) is 16.6. The van der Waals surface area contributed by atoms with Gasteiger partial charge in [0.15, 0.2) is 0 Å². The predicted octanol–water partition coefficient (Wildman–Crippen LogP) is 4.03. The fourth-order valence-electron chi connectivity index (χ4n) is 3.85. The van der Waals surface area contributed by atoms with Gasteiger partial charge in [-0.25, -0.2) is 0 Å². The summed E-state index contributed by atoms with van der Waals surface area (Å²) in [4.78, 5) is 15.0. The summed E-state index contributed by atoms with van der Waals surface area (Å²) in [5, 5.41) is 3.07. The highest BCUT2D eigenvalue weighted by Gasteiger charge is 2.37. The van der Waals surface area contributed by atoms with Gasteiger partial charge in [-0.15, -0.1) is 0 Å². The van der Waals surface area contributed by atoms with Crippen molar-refractivity contribution in [3.8, 4) is 5.75 Å². The third-order valence-electron chi connectivity index (χ3n) is 5.50. The van der Waals surface area contributed by atoms with Gasteiger partial charge in [0.1, 0.15) is 5.75 Å². The molecule has 1 amide bonds. The maximum absolute atomic E-state index is 12.6. The Labute approximate surface area is 172 Å². The smallest absolute Gasteiger partial charge is 0.225 e. The molecular formula is C25H26N2O2. The molecule has 3 aromatic carbocycles. The molecule has 1 saturated heterocycles. The van der Waals surface area contributed by atoms with Gasteiger partial charge in [-0.1, -0.05) is 72.8 Å². The van der Waals surface area contributed by atoms with Crippen molar-refractivity contribution in [3.63, 3.8) is 0 Å². The van der Waals surface area contributed by atoms with Crippen LogP contribution in [0.25, 0.3) is 0 Å². The second-order valence-corrected chi connectivity index (χ2v) is 7.44. The molecule has 4 rings (SSSR count). The number of methoxy groups -OCH3 is 1. The zero-order valence-electron chi connectivity index (χ0n) is 16.6. The second kappa shape index (κ2) is 8.93. The Morgan fingerprint density at radius 2 is 1.48 bits per heavy atom. The standard InChI is InChI=1S/C25H26N2O2/c1-29-23-14-12-19(13-15-23)16-26-25(28)22-17-27(18-22)24(20-8-4-2-5-9-20)21-10-6-3-7-11-21/h2-15,22,24H,16-18H2,1H3,(H,26,28). The fraction of sp³-hybridized carbons (Fsp3) is 0.240. The molecule has 0 aliphatic carbocycles. The second-order valence-electron chi connectivity index (χ2n) is 7.44. The number of carbonyl (C=O) groups excluding carboxylic acids is 1. The monoisotopic (exact) mass is 386 g/mol. The number of nitrogens with one attached hydrogen (secondary N) is 1. The molecule has 3 aromatic rings. The molecule has 1 heterocycles. The molecule has 1 fully saturated rings. The van der Waals surface area contributed by atoms with Crippen molar-refractivity contribution in [2.24, 2.45) is 5.92 Å². The third kappa shape index (κ3) is 4.49. The van der Waals surface area contributed by atoms with E-state index in [1.807, 2.05) is 36.4 Å². The van der Waals surface area contributed by atoms with E-state index in [1.165, 1.54) is 11.1 Å². The van der Waals surface area contributed by atoms with Gasteiger partial charge < -0.3 is 10.1 Å². The first kappa shape index (κ1) is 19.2. The number of benzene rings is 3. The minimum absolute atomic E-state index is 0.0307. The largest absolute Gasteiger partial charge is 0.497 e. The van der Waals surface area contributed by atoms with Crippen LogP contribution in [-0.2, 0) is 11.3 Å². The van der Waals surface area contributed by atoms with E-state index in [1.54, 1.807) is 7.11 Å². The minimum Gasteiger partial charge on any atom is -0.497 e. The van der Waals surface area contributed by atoms with Gasteiger partial charge in [0.25, 0.3) is 0 Å².